The van der Waals surface area contributed by atoms with E-state index in [1.807, 2.05) is 6.92 Å². The average Bonchev–Trinajstić information content (AvgIpc) is 3.04. The molecular formula is C15H25N5O3S. The summed E-state index contributed by atoms with van der Waals surface area (Å²) < 4.78 is 27.0. The molecule has 1 aromatic heterocycles. The van der Waals surface area contributed by atoms with Gasteiger partial charge in [0.1, 0.15) is 6.33 Å². The van der Waals surface area contributed by atoms with Crippen LogP contribution in [0, 0.1) is 0 Å². The Balaban J connectivity index is 2.92. The fraction of sp³-hybridized carbons (Fsp3) is 0.533. The number of carbonyl (C=O) groups is 1. The van der Waals surface area contributed by atoms with Gasteiger partial charge in [0.25, 0.3) is 15.2 Å². The first-order valence-corrected chi connectivity index (χ1v) is 9.21. The van der Waals surface area contributed by atoms with Crippen LogP contribution in [0.25, 0.3) is 0 Å². The zero-order valence-corrected chi connectivity index (χ0v) is 15.1. The van der Waals surface area contributed by atoms with Gasteiger partial charge in [-0.05, 0) is 6.42 Å². The molecule has 0 fully saturated rings. The maximum Gasteiger partial charge on any atom is 0.346 e. The first-order valence-electron chi connectivity index (χ1n) is 7.77. The SMILES string of the molecule is C=CCN(CC=C)C(=O)n1cnc(S(=O)(=O)N(C)CCCCC)n1. The van der Waals surface area contributed by atoms with Gasteiger partial charge in [0, 0.05) is 26.7 Å². The molecule has 0 saturated heterocycles. The predicted molar refractivity (Wildman–Crippen MR) is 92.1 cm³/mol. The van der Waals surface area contributed by atoms with Crippen molar-refractivity contribution >= 4 is 16.1 Å². The summed E-state index contributed by atoms with van der Waals surface area (Å²) in [5.74, 6) is 0. The molecule has 134 valence electrons. The van der Waals surface area contributed by atoms with Crippen LogP contribution in [0.15, 0.2) is 36.8 Å². The van der Waals surface area contributed by atoms with Crippen LogP contribution in [0.1, 0.15) is 26.2 Å². The van der Waals surface area contributed by atoms with Crippen molar-refractivity contribution in [3.63, 3.8) is 0 Å². The lowest BCUT2D eigenvalue weighted by Crippen LogP contribution is -2.35. The minimum Gasteiger partial charge on any atom is -0.315 e. The molecule has 0 aliphatic heterocycles. The van der Waals surface area contributed by atoms with Gasteiger partial charge in [-0.25, -0.2) is 18.2 Å². The summed E-state index contributed by atoms with van der Waals surface area (Å²) in [7, 11) is -2.32. The van der Waals surface area contributed by atoms with E-state index in [1.165, 1.54) is 16.3 Å². The molecule has 1 aromatic rings. The lowest BCUT2D eigenvalue weighted by molar-refractivity contribution is 0.206. The van der Waals surface area contributed by atoms with E-state index >= 15 is 0 Å². The predicted octanol–water partition coefficient (Wildman–Crippen LogP) is 1.73. The molecule has 0 aromatic carbocycles. The van der Waals surface area contributed by atoms with Crippen LogP contribution in [-0.4, -0.2) is 65.1 Å². The van der Waals surface area contributed by atoms with Gasteiger partial charge in [0.15, 0.2) is 0 Å². The van der Waals surface area contributed by atoms with Crippen molar-refractivity contribution in [1.82, 2.24) is 24.0 Å². The summed E-state index contributed by atoms with van der Waals surface area (Å²) in [4.78, 5) is 17.5. The number of rotatable bonds is 10. The second-order valence-electron chi connectivity index (χ2n) is 5.27. The molecule has 0 spiro atoms. The van der Waals surface area contributed by atoms with Crippen molar-refractivity contribution < 1.29 is 13.2 Å². The van der Waals surface area contributed by atoms with E-state index in [2.05, 4.69) is 23.2 Å². The van der Waals surface area contributed by atoms with Crippen molar-refractivity contribution in [2.24, 2.45) is 0 Å². The summed E-state index contributed by atoms with van der Waals surface area (Å²) in [6, 6.07) is -0.489. The third-order valence-corrected chi connectivity index (χ3v) is 5.01. The molecule has 24 heavy (non-hydrogen) atoms. The Kier molecular flexibility index (Phi) is 7.80. The highest BCUT2D eigenvalue weighted by molar-refractivity contribution is 7.88. The Hall–Kier alpha value is -2.00. The molecule has 1 amide bonds. The molecule has 0 N–H and O–H groups in total. The van der Waals surface area contributed by atoms with Crippen LogP contribution >= 0.6 is 0 Å². The minimum atomic E-state index is -3.80. The molecule has 0 atom stereocenters. The van der Waals surface area contributed by atoms with Gasteiger partial charge in [-0.3, -0.25) is 0 Å². The van der Waals surface area contributed by atoms with Gasteiger partial charge in [-0.2, -0.15) is 8.99 Å². The van der Waals surface area contributed by atoms with Crippen molar-refractivity contribution in [1.29, 1.82) is 0 Å². The first-order chi connectivity index (χ1) is 11.4. The first kappa shape index (κ1) is 20.0. The lowest BCUT2D eigenvalue weighted by atomic mass is 10.2. The maximum absolute atomic E-state index is 12.4. The smallest absolute Gasteiger partial charge is 0.315 e. The number of aromatic nitrogens is 3. The Labute approximate surface area is 143 Å². The van der Waals surface area contributed by atoms with Crippen LogP contribution in [0.5, 0.6) is 0 Å². The van der Waals surface area contributed by atoms with E-state index in [-0.39, 0.29) is 5.16 Å². The lowest BCUT2D eigenvalue weighted by Gasteiger charge is -2.18. The van der Waals surface area contributed by atoms with E-state index < -0.39 is 16.1 Å². The number of carbonyl (C=O) groups excluding carboxylic acids is 1. The maximum atomic E-state index is 12.4. The molecule has 0 aliphatic rings. The Morgan fingerprint density at radius 2 is 1.92 bits per heavy atom. The standard InChI is InChI=1S/C15H25N5O3S/c1-5-8-9-12-18(4)24(22,23)14-16-13-20(17-14)15(21)19(10-6-2)11-7-3/h6-7,13H,2-3,5,8-12H2,1,4H3. The highest BCUT2D eigenvalue weighted by Crippen LogP contribution is 2.10. The third-order valence-electron chi connectivity index (χ3n) is 3.35. The van der Waals surface area contributed by atoms with E-state index in [0.29, 0.717) is 19.6 Å². The van der Waals surface area contributed by atoms with Crippen LogP contribution in [0.4, 0.5) is 4.79 Å². The van der Waals surface area contributed by atoms with Gasteiger partial charge in [0.05, 0.1) is 0 Å². The molecule has 0 aliphatic carbocycles. The minimum absolute atomic E-state index is 0.295. The summed E-state index contributed by atoms with van der Waals surface area (Å²) in [6.07, 6.45) is 6.94. The summed E-state index contributed by atoms with van der Waals surface area (Å²) >= 11 is 0. The second kappa shape index (κ2) is 9.33. The number of hydrogen-bond donors (Lipinski definition) is 0. The van der Waals surface area contributed by atoms with Gasteiger partial charge >= 0.3 is 6.03 Å². The molecule has 1 rings (SSSR count). The highest BCUT2D eigenvalue weighted by Gasteiger charge is 2.26. The Morgan fingerprint density at radius 3 is 2.46 bits per heavy atom. The molecule has 9 heteroatoms. The molecule has 0 saturated carbocycles. The van der Waals surface area contributed by atoms with E-state index in [4.69, 9.17) is 0 Å². The Bertz CT molecular complexity index is 658. The summed E-state index contributed by atoms with van der Waals surface area (Å²) in [5, 5.41) is 3.45. The van der Waals surface area contributed by atoms with Crippen molar-refractivity contribution in [2.45, 2.75) is 31.3 Å². The molecule has 8 nitrogen and oxygen atoms in total. The molecule has 0 unspecified atom stereocenters. The van der Waals surface area contributed by atoms with Crippen LogP contribution in [-0.2, 0) is 10.0 Å². The molecule has 1 heterocycles. The van der Waals surface area contributed by atoms with E-state index in [1.54, 1.807) is 12.2 Å². The normalized spacial score (nSPS) is 11.5. The number of unbranched alkanes of at least 4 members (excludes halogenated alkanes) is 2. The number of sulfonamides is 1. The number of hydrogen-bond acceptors (Lipinski definition) is 5. The van der Waals surface area contributed by atoms with Crippen LogP contribution in [0.2, 0.25) is 0 Å². The van der Waals surface area contributed by atoms with E-state index in [9.17, 15) is 13.2 Å². The topological polar surface area (TPSA) is 88.4 Å². The average molecular weight is 355 g/mol. The zero-order chi connectivity index (χ0) is 18.2. The fourth-order valence-corrected chi connectivity index (χ4v) is 3.01. The van der Waals surface area contributed by atoms with E-state index in [0.717, 1.165) is 30.3 Å². The van der Waals surface area contributed by atoms with Crippen molar-refractivity contribution in [2.75, 3.05) is 26.7 Å². The van der Waals surface area contributed by atoms with Crippen LogP contribution in [0.3, 0.4) is 0 Å². The molecule has 0 bridgehead atoms. The van der Waals surface area contributed by atoms with Gasteiger partial charge in [0.2, 0.25) is 0 Å². The zero-order valence-electron chi connectivity index (χ0n) is 14.3. The largest absolute Gasteiger partial charge is 0.346 e. The fourth-order valence-electron chi connectivity index (χ4n) is 1.99. The summed E-state index contributed by atoms with van der Waals surface area (Å²) in [5.41, 5.74) is 0. The highest BCUT2D eigenvalue weighted by atomic mass is 32.2. The van der Waals surface area contributed by atoms with Crippen molar-refractivity contribution in [3.05, 3.63) is 31.6 Å². The second-order valence-corrected chi connectivity index (χ2v) is 7.21. The Morgan fingerprint density at radius 1 is 1.29 bits per heavy atom. The van der Waals surface area contributed by atoms with Gasteiger partial charge in [-0.1, -0.05) is 31.9 Å². The number of amides is 1. The van der Waals surface area contributed by atoms with Gasteiger partial charge < -0.3 is 4.90 Å². The number of nitrogens with zero attached hydrogens (tertiary/aromatic N) is 5. The van der Waals surface area contributed by atoms with Crippen molar-refractivity contribution in [3.8, 4) is 0 Å². The molecule has 0 radical (unpaired) electrons. The summed E-state index contributed by atoms with van der Waals surface area (Å²) in [6.45, 7) is 10.2. The quantitative estimate of drug-likeness (QED) is 0.471. The third kappa shape index (κ3) is 5.00. The molecular weight excluding hydrogens is 330 g/mol. The van der Waals surface area contributed by atoms with Crippen LogP contribution < -0.4 is 0 Å². The monoisotopic (exact) mass is 355 g/mol. The van der Waals surface area contributed by atoms with Gasteiger partial charge in [-0.15, -0.1) is 18.3 Å².